The fraction of sp³-hybridized carbons (Fsp3) is 0.444. The van der Waals surface area contributed by atoms with Gasteiger partial charge in [-0.25, -0.2) is 4.98 Å². The lowest BCUT2D eigenvalue weighted by molar-refractivity contribution is 0.888. The first-order valence-corrected chi connectivity index (χ1v) is 3.87. The van der Waals surface area contributed by atoms with Crippen molar-refractivity contribution >= 4 is 5.82 Å². The van der Waals surface area contributed by atoms with Crippen LogP contribution in [0.5, 0.6) is 0 Å². The zero-order valence-corrected chi connectivity index (χ0v) is 7.26. The molecule has 0 bridgehead atoms. The number of aromatic nitrogens is 1. The maximum Gasteiger partial charge on any atom is 0.126 e. The Bertz CT molecular complexity index is 236. The largest absolute Gasteiger partial charge is 0.368 e. The molecule has 2 nitrogen and oxygen atoms in total. The van der Waals surface area contributed by atoms with Crippen LogP contribution >= 0.6 is 0 Å². The first-order chi connectivity index (χ1) is 5.18. The molecule has 0 aliphatic carbocycles. The monoisotopic (exact) mass is 152 g/mol. The molecule has 0 saturated carbocycles. The van der Waals surface area contributed by atoms with Gasteiger partial charge < -0.3 is 5.32 Å². The molecule has 0 saturated heterocycles. The summed E-state index contributed by atoms with van der Waals surface area (Å²) < 4.78 is 0. The van der Waals surface area contributed by atoms with Gasteiger partial charge in [0.2, 0.25) is 0 Å². The van der Waals surface area contributed by atoms with Crippen LogP contribution in [0.3, 0.4) is 0 Å². The molecule has 0 unspecified atom stereocenters. The molecule has 1 aromatic heterocycles. The maximum absolute atomic E-state index is 4.17. The molecule has 0 amide bonds. The van der Waals surface area contributed by atoms with E-state index >= 15 is 0 Å². The van der Waals surface area contributed by atoms with Crippen LogP contribution in [0, 0.1) is 6.92 Å². The minimum Gasteiger partial charge on any atom is -0.368 e. The third kappa shape index (κ3) is 2.58. The van der Waals surface area contributed by atoms with Gasteiger partial charge in [-0.3, -0.25) is 0 Å². The molecule has 1 heterocycles. The topological polar surface area (TPSA) is 24.9 Å². The second kappa shape index (κ2) is 3.37. The van der Waals surface area contributed by atoms with Gasteiger partial charge in [-0.05, 0) is 38.5 Å². The quantitative estimate of drug-likeness (QED) is 0.704. The molecule has 0 spiro atoms. The first kappa shape index (κ1) is 8.05. The fourth-order valence-corrected chi connectivity index (χ4v) is 0.911. The smallest absolute Gasteiger partial charge is 0.126 e. The van der Waals surface area contributed by atoms with Crippen LogP contribution in [0.15, 0.2) is 18.3 Å². The highest BCUT2D eigenvalue weighted by Crippen LogP contribution is 2.05. The number of hydrogen-bond donors (Lipinski definition) is 1. The van der Waals surface area contributed by atoms with Crippen LogP contribution in [-0.4, -0.2) is 11.0 Å². The third-order valence-electron chi connectivity index (χ3n) is 1.35. The number of nitrogens with zero attached hydrogens (tertiary/aromatic N) is 1. The molecule has 0 atom stereocenters. The van der Waals surface area contributed by atoms with Crippen LogP contribution in [0.25, 0.3) is 0 Å². The van der Waals surface area contributed by atoms with Gasteiger partial charge >= 0.3 is 0 Å². The standard InChI is InChI=1S/C9H14N2.H2/c1-7(2)11-9-6-8(3)4-5-10-9;/h4-7H,1-3H3,(H,10,11);1H. The van der Waals surface area contributed by atoms with E-state index in [0.29, 0.717) is 6.04 Å². The molecule has 2 heteroatoms. The molecule has 0 aliphatic rings. The fourth-order valence-electron chi connectivity index (χ4n) is 0.911. The molecule has 11 heavy (non-hydrogen) atoms. The Morgan fingerprint density at radius 3 is 2.82 bits per heavy atom. The summed E-state index contributed by atoms with van der Waals surface area (Å²) in [5.41, 5.74) is 1.24. The minimum atomic E-state index is 0. The van der Waals surface area contributed by atoms with Crippen molar-refractivity contribution in [1.29, 1.82) is 0 Å². The number of pyridine rings is 1. The molecular weight excluding hydrogens is 136 g/mol. The summed E-state index contributed by atoms with van der Waals surface area (Å²) in [6.07, 6.45) is 1.82. The van der Waals surface area contributed by atoms with Crippen molar-refractivity contribution in [3.8, 4) is 0 Å². The molecule has 1 N–H and O–H groups in total. The van der Waals surface area contributed by atoms with Crippen molar-refractivity contribution in [2.24, 2.45) is 0 Å². The van der Waals surface area contributed by atoms with Crippen LogP contribution in [0.2, 0.25) is 0 Å². The van der Waals surface area contributed by atoms with E-state index in [0.717, 1.165) is 5.82 Å². The van der Waals surface area contributed by atoms with Crippen LogP contribution in [-0.2, 0) is 0 Å². The van der Waals surface area contributed by atoms with Gasteiger partial charge in [0.05, 0.1) is 0 Å². The Morgan fingerprint density at radius 1 is 1.55 bits per heavy atom. The number of anilines is 1. The zero-order valence-electron chi connectivity index (χ0n) is 7.26. The third-order valence-corrected chi connectivity index (χ3v) is 1.35. The normalized spacial score (nSPS) is 10.2. The van der Waals surface area contributed by atoms with E-state index in [-0.39, 0.29) is 1.43 Å². The van der Waals surface area contributed by atoms with Crippen LogP contribution in [0.4, 0.5) is 5.82 Å². The Hall–Kier alpha value is -1.05. The van der Waals surface area contributed by atoms with Crippen molar-refractivity contribution in [2.45, 2.75) is 26.8 Å². The Kier molecular flexibility index (Phi) is 2.47. The van der Waals surface area contributed by atoms with Crippen molar-refractivity contribution in [3.05, 3.63) is 23.9 Å². The van der Waals surface area contributed by atoms with Crippen molar-refractivity contribution < 1.29 is 1.43 Å². The zero-order chi connectivity index (χ0) is 8.27. The summed E-state index contributed by atoms with van der Waals surface area (Å²) in [7, 11) is 0. The van der Waals surface area contributed by atoms with Gasteiger partial charge in [-0.2, -0.15) is 0 Å². The van der Waals surface area contributed by atoms with Crippen LogP contribution in [0.1, 0.15) is 20.8 Å². The van der Waals surface area contributed by atoms with Gasteiger partial charge in [0.15, 0.2) is 0 Å². The lowest BCUT2D eigenvalue weighted by Gasteiger charge is -2.08. The van der Waals surface area contributed by atoms with Crippen LogP contribution < -0.4 is 5.32 Å². The summed E-state index contributed by atoms with van der Waals surface area (Å²) in [6.45, 7) is 6.27. The summed E-state index contributed by atoms with van der Waals surface area (Å²) in [6, 6.07) is 4.48. The highest BCUT2D eigenvalue weighted by Gasteiger charge is 1.94. The van der Waals surface area contributed by atoms with E-state index < -0.39 is 0 Å². The molecule has 62 valence electrons. The van der Waals surface area contributed by atoms with E-state index in [1.54, 1.807) is 0 Å². The average Bonchev–Trinajstić information content (AvgIpc) is 1.85. The van der Waals surface area contributed by atoms with Crippen molar-refractivity contribution in [1.82, 2.24) is 4.98 Å². The highest BCUT2D eigenvalue weighted by molar-refractivity contribution is 5.37. The number of hydrogen-bond acceptors (Lipinski definition) is 2. The maximum atomic E-state index is 4.17. The summed E-state index contributed by atoms with van der Waals surface area (Å²) >= 11 is 0. The SMILES string of the molecule is Cc1ccnc(NC(C)C)c1.[HH]. The van der Waals surface area contributed by atoms with Crippen molar-refractivity contribution in [2.75, 3.05) is 5.32 Å². The molecule has 0 aromatic carbocycles. The summed E-state index contributed by atoms with van der Waals surface area (Å²) in [5.74, 6) is 0.958. The molecular formula is C9H16N2. The molecule has 0 fully saturated rings. The highest BCUT2D eigenvalue weighted by atomic mass is 15.0. The molecule has 0 radical (unpaired) electrons. The van der Waals surface area contributed by atoms with Gasteiger partial charge in [0.1, 0.15) is 5.82 Å². The van der Waals surface area contributed by atoms with E-state index in [1.165, 1.54) is 5.56 Å². The lowest BCUT2D eigenvalue weighted by Crippen LogP contribution is -2.10. The van der Waals surface area contributed by atoms with E-state index in [4.69, 9.17) is 0 Å². The van der Waals surface area contributed by atoms with Gasteiger partial charge in [-0.1, -0.05) is 0 Å². The predicted octanol–water partition coefficient (Wildman–Crippen LogP) is 2.46. The Labute approximate surface area is 69.1 Å². The van der Waals surface area contributed by atoms with Gasteiger partial charge in [0.25, 0.3) is 0 Å². The second-order valence-corrected chi connectivity index (χ2v) is 3.02. The van der Waals surface area contributed by atoms with Crippen molar-refractivity contribution in [3.63, 3.8) is 0 Å². The number of aryl methyl sites for hydroxylation is 1. The summed E-state index contributed by atoms with van der Waals surface area (Å²) in [5, 5.41) is 3.23. The Morgan fingerprint density at radius 2 is 2.27 bits per heavy atom. The first-order valence-electron chi connectivity index (χ1n) is 3.87. The second-order valence-electron chi connectivity index (χ2n) is 3.02. The minimum absolute atomic E-state index is 0. The van der Waals surface area contributed by atoms with E-state index in [2.05, 4.69) is 31.1 Å². The van der Waals surface area contributed by atoms with Gasteiger partial charge in [-0.15, -0.1) is 0 Å². The van der Waals surface area contributed by atoms with E-state index in [1.807, 2.05) is 18.3 Å². The molecule has 0 aliphatic heterocycles. The number of rotatable bonds is 2. The van der Waals surface area contributed by atoms with Gasteiger partial charge in [0, 0.05) is 13.7 Å². The predicted molar refractivity (Wildman–Crippen MR) is 49.8 cm³/mol. The Balaban J connectivity index is 0.00000121. The van der Waals surface area contributed by atoms with E-state index in [9.17, 15) is 0 Å². The average molecular weight is 152 g/mol. The summed E-state index contributed by atoms with van der Waals surface area (Å²) in [4.78, 5) is 4.17. The molecule has 1 rings (SSSR count). The number of nitrogens with one attached hydrogen (secondary N) is 1. The molecule has 1 aromatic rings. The lowest BCUT2D eigenvalue weighted by atomic mass is 10.3.